The van der Waals surface area contributed by atoms with Gasteiger partial charge in [0.15, 0.2) is 0 Å². The van der Waals surface area contributed by atoms with E-state index in [1.165, 1.54) is 11.8 Å². The van der Waals surface area contributed by atoms with E-state index in [4.69, 9.17) is 4.42 Å². The second-order valence-corrected chi connectivity index (χ2v) is 7.67. The number of aryl methyl sites for hydroxylation is 1. The third-order valence-electron chi connectivity index (χ3n) is 4.68. The summed E-state index contributed by atoms with van der Waals surface area (Å²) in [4.78, 5) is 28.1. The van der Waals surface area contributed by atoms with E-state index in [9.17, 15) is 9.59 Å². The molecule has 0 radical (unpaired) electrons. The van der Waals surface area contributed by atoms with E-state index < -0.39 is 0 Å². The lowest BCUT2D eigenvalue weighted by molar-refractivity contribution is -0.116. The zero-order valence-electron chi connectivity index (χ0n) is 15.5. The lowest BCUT2D eigenvalue weighted by Crippen LogP contribution is -2.35. The van der Waals surface area contributed by atoms with Crippen LogP contribution in [0.1, 0.15) is 27.2 Å². The van der Waals surface area contributed by atoms with Gasteiger partial charge in [0, 0.05) is 10.5 Å². The van der Waals surface area contributed by atoms with Gasteiger partial charge in [0.1, 0.15) is 5.76 Å². The monoisotopic (exact) mass is 392 g/mol. The van der Waals surface area contributed by atoms with E-state index in [1.807, 2.05) is 55.5 Å². The van der Waals surface area contributed by atoms with Gasteiger partial charge in [0.05, 0.1) is 30.8 Å². The number of nitrogens with one attached hydrogen (secondary N) is 1. The van der Waals surface area contributed by atoms with E-state index >= 15 is 0 Å². The minimum atomic E-state index is -0.181. The van der Waals surface area contributed by atoms with Crippen LogP contribution in [-0.4, -0.2) is 17.6 Å². The first kappa shape index (κ1) is 18.4. The van der Waals surface area contributed by atoms with E-state index in [0.717, 1.165) is 21.7 Å². The molecule has 0 spiro atoms. The summed E-state index contributed by atoms with van der Waals surface area (Å²) < 4.78 is 5.27. The topological polar surface area (TPSA) is 62.6 Å². The number of fused-ring (bicyclic) bond motifs is 1. The molecule has 0 saturated carbocycles. The lowest BCUT2D eigenvalue weighted by Gasteiger charge is -2.30. The third-order valence-corrected chi connectivity index (χ3v) is 5.71. The highest BCUT2D eigenvalue weighted by Gasteiger charge is 2.27. The number of carbonyl (C=O) groups is 2. The fourth-order valence-electron chi connectivity index (χ4n) is 3.21. The van der Waals surface area contributed by atoms with Crippen LogP contribution in [-0.2, 0) is 17.9 Å². The van der Waals surface area contributed by atoms with Crippen molar-refractivity contribution >= 4 is 29.3 Å². The first-order valence-electron chi connectivity index (χ1n) is 9.04. The van der Waals surface area contributed by atoms with Crippen LogP contribution >= 0.6 is 11.8 Å². The van der Waals surface area contributed by atoms with Crippen LogP contribution in [0.2, 0.25) is 0 Å². The van der Waals surface area contributed by atoms with Gasteiger partial charge in [0.25, 0.3) is 5.91 Å². The van der Waals surface area contributed by atoms with Crippen molar-refractivity contribution in [1.82, 2.24) is 5.32 Å². The highest BCUT2D eigenvalue weighted by atomic mass is 32.2. The van der Waals surface area contributed by atoms with E-state index in [0.29, 0.717) is 30.2 Å². The van der Waals surface area contributed by atoms with Crippen LogP contribution in [0.25, 0.3) is 0 Å². The number of carbonyl (C=O) groups excluding carboxylic acids is 2. The average molecular weight is 392 g/mol. The molecule has 2 heterocycles. The molecule has 0 bridgehead atoms. The number of benzene rings is 2. The molecule has 0 unspecified atom stereocenters. The SMILES string of the molecule is Cc1cc2c(cc1C(=O)NCc1ccco1)N(Cc1ccccc1)C(=O)CS2. The minimum Gasteiger partial charge on any atom is -0.467 e. The summed E-state index contributed by atoms with van der Waals surface area (Å²) >= 11 is 1.52. The van der Waals surface area contributed by atoms with E-state index in [-0.39, 0.29) is 11.8 Å². The van der Waals surface area contributed by atoms with Crippen LogP contribution in [0.4, 0.5) is 5.69 Å². The molecule has 0 atom stereocenters. The Bertz CT molecular complexity index is 1000. The maximum atomic E-state index is 12.7. The fourth-order valence-corrected chi connectivity index (χ4v) is 4.22. The van der Waals surface area contributed by atoms with Crippen molar-refractivity contribution in [3.63, 3.8) is 0 Å². The largest absolute Gasteiger partial charge is 0.467 e. The molecule has 0 saturated heterocycles. The zero-order chi connectivity index (χ0) is 19.5. The summed E-state index contributed by atoms with van der Waals surface area (Å²) in [6, 6.07) is 17.3. The normalized spacial score (nSPS) is 13.3. The van der Waals surface area contributed by atoms with Crippen LogP contribution in [0.15, 0.2) is 70.2 Å². The van der Waals surface area contributed by atoms with Crippen molar-refractivity contribution in [2.24, 2.45) is 0 Å². The number of hydrogen-bond acceptors (Lipinski definition) is 4. The molecule has 5 nitrogen and oxygen atoms in total. The average Bonchev–Trinajstić information content (AvgIpc) is 3.22. The molecule has 1 N–H and O–H groups in total. The quantitative estimate of drug-likeness (QED) is 0.708. The molecule has 142 valence electrons. The predicted octanol–water partition coefficient (Wildman–Crippen LogP) is 4.16. The van der Waals surface area contributed by atoms with Crippen molar-refractivity contribution in [1.29, 1.82) is 0 Å². The molecule has 0 aliphatic carbocycles. The van der Waals surface area contributed by atoms with Gasteiger partial charge in [-0.05, 0) is 42.3 Å². The summed E-state index contributed by atoms with van der Waals surface area (Å²) in [7, 11) is 0. The summed E-state index contributed by atoms with van der Waals surface area (Å²) in [5, 5.41) is 2.88. The molecule has 2 aromatic carbocycles. The Balaban J connectivity index is 1.61. The Morgan fingerprint density at radius 3 is 2.75 bits per heavy atom. The van der Waals surface area contributed by atoms with E-state index in [1.54, 1.807) is 17.2 Å². The number of furan rings is 1. The van der Waals surface area contributed by atoms with Gasteiger partial charge in [-0.1, -0.05) is 30.3 Å². The van der Waals surface area contributed by atoms with Gasteiger partial charge in [0.2, 0.25) is 5.91 Å². The zero-order valence-corrected chi connectivity index (χ0v) is 16.3. The molecule has 28 heavy (non-hydrogen) atoms. The fraction of sp³-hybridized carbons (Fsp3) is 0.182. The Morgan fingerprint density at radius 1 is 1.18 bits per heavy atom. The van der Waals surface area contributed by atoms with Gasteiger partial charge < -0.3 is 14.6 Å². The molecule has 3 aromatic rings. The molecule has 0 fully saturated rings. The van der Waals surface area contributed by atoms with Crippen LogP contribution in [0, 0.1) is 6.92 Å². The molecule has 2 amide bonds. The second-order valence-electron chi connectivity index (χ2n) is 6.65. The Morgan fingerprint density at radius 2 is 2.00 bits per heavy atom. The minimum absolute atomic E-state index is 0.0483. The maximum absolute atomic E-state index is 12.7. The van der Waals surface area contributed by atoms with Gasteiger partial charge in [-0.2, -0.15) is 0 Å². The number of amides is 2. The molecule has 6 heteroatoms. The van der Waals surface area contributed by atoms with Crippen molar-refractivity contribution in [3.8, 4) is 0 Å². The number of hydrogen-bond donors (Lipinski definition) is 1. The molecular formula is C22H20N2O3S. The first-order valence-corrected chi connectivity index (χ1v) is 10.0. The van der Waals surface area contributed by atoms with Gasteiger partial charge >= 0.3 is 0 Å². The standard InChI is InChI=1S/C22H20N2O3S/c1-15-10-20-19(11-18(15)22(26)23-12-17-8-5-9-27-17)24(21(25)14-28-20)13-16-6-3-2-4-7-16/h2-11H,12-14H2,1H3,(H,23,26). The number of rotatable bonds is 5. The molecular weight excluding hydrogens is 372 g/mol. The van der Waals surface area contributed by atoms with Crippen LogP contribution in [0.3, 0.4) is 0 Å². The number of thioether (sulfide) groups is 1. The van der Waals surface area contributed by atoms with Crippen molar-refractivity contribution < 1.29 is 14.0 Å². The molecule has 1 aliphatic heterocycles. The predicted molar refractivity (Wildman–Crippen MR) is 109 cm³/mol. The van der Waals surface area contributed by atoms with Crippen molar-refractivity contribution in [3.05, 3.63) is 83.3 Å². The van der Waals surface area contributed by atoms with Crippen LogP contribution in [0.5, 0.6) is 0 Å². The maximum Gasteiger partial charge on any atom is 0.252 e. The van der Waals surface area contributed by atoms with E-state index in [2.05, 4.69) is 5.32 Å². The Kier molecular flexibility index (Phi) is 5.21. The third kappa shape index (κ3) is 3.82. The summed E-state index contributed by atoms with van der Waals surface area (Å²) in [5.41, 5.74) is 3.30. The van der Waals surface area contributed by atoms with Gasteiger partial charge in [-0.25, -0.2) is 0 Å². The second kappa shape index (κ2) is 7.94. The summed E-state index contributed by atoms with van der Waals surface area (Å²) in [6.45, 7) is 2.73. The highest BCUT2D eigenvalue weighted by Crippen LogP contribution is 2.38. The Hall–Kier alpha value is -2.99. The highest BCUT2D eigenvalue weighted by molar-refractivity contribution is 8.00. The number of nitrogens with zero attached hydrogens (tertiary/aromatic N) is 1. The van der Waals surface area contributed by atoms with Crippen LogP contribution < -0.4 is 10.2 Å². The smallest absolute Gasteiger partial charge is 0.252 e. The number of anilines is 1. The van der Waals surface area contributed by atoms with Crippen molar-refractivity contribution in [2.75, 3.05) is 10.7 Å². The Labute approximate surface area is 167 Å². The molecule has 4 rings (SSSR count). The van der Waals surface area contributed by atoms with Gasteiger partial charge in [-0.15, -0.1) is 11.8 Å². The molecule has 1 aliphatic rings. The molecule has 1 aromatic heterocycles. The lowest BCUT2D eigenvalue weighted by atomic mass is 10.1. The summed E-state index contributed by atoms with van der Waals surface area (Å²) in [5.74, 6) is 0.968. The first-order chi connectivity index (χ1) is 13.6. The van der Waals surface area contributed by atoms with Gasteiger partial charge in [-0.3, -0.25) is 9.59 Å². The summed E-state index contributed by atoms with van der Waals surface area (Å²) in [6.07, 6.45) is 1.58. The van der Waals surface area contributed by atoms with Crippen molar-refractivity contribution in [2.45, 2.75) is 24.9 Å².